The second kappa shape index (κ2) is 4.55. The van der Waals surface area contributed by atoms with Crippen molar-refractivity contribution >= 4 is 26.8 Å². The maximum absolute atomic E-state index is 10.4. The van der Waals surface area contributed by atoms with E-state index < -0.39 is 6.10 Å². The topological polar surface area (TPSA) is 46.3 Å². The average molecular weight is 304 g/mol. The molecular formula is C14H10BrNO2. The van der Waals surface area contributed by atoms with E-state index in [2.05, 4.69) is 20.9 Å². The Balaban J connectivity index is 2.18. The minimum Gasteiger partial charge on any atom is -0.457 e. The molecule has 0 saturated carbocycles. The predicted octanol–water partition coefficient (Wildman–Crippen LogP) is 3.67. The lowest BCUT2D eigenvalue weighted by atomic mass is 9.99. The van der Waals surface area contributed by atoms with Crippen LogP contribution < -0.4 is 0 Å². The number of pyridine rings is 1. The van der Waals surface area contributed by atoms with Crippen LogP contribution in [0.2, 0.25) is 0 Å². The molecule has 90 valence electrons. The normalized spacial score (nSPS) is 12.8. The summed E-state index contributed by atoms with van der Waals surface area (Å²) in [7, 11) is 0. The van der Waals surface area contributed by atoms with Crippen LogP contribution in [0.3, 0.4) is 0 Å². The van der Waals surface area contributed by atoms with Gasteiger partial charge in [0.1, 0.15) is 6.10 Å². The fourth-order valence-electron chi connectivity index (χ4n) is 2.03. The van der Waals surface area contributed by atoms with Crippen LogP contribution in [-0.4, -0.2) is 10.1 Å². The monoisotopic (exact) mass is 303 g/mol. The number of aliphatic hydroxyl groups excluding tert-OH is 1. The summed E-state index contributed by atoms with van der Waals surface area (Å²) in [5.41, 5.74) is 2.41. The molecule has 0 aliphatic rings. The lowest BCUT2D eigenvalue weighted by Crippen LogP contribution is -2.00. The Labute approximate surface area is 112 Å². The van der Waals surface area contributed by atoms with Gasteiger partial charge in [0, 0.05) is 17.1 Å². The fraction of sp³-hybridized carbons (Fsp3) is 0.0714. The molecule has 0 aliphatic heterocycles. The number of furan rings is 1. The van der Waals surface area contributed by atoms with Crippen molar-refractivity contribution in [1.82, 2.24) is 4.98 Å². The molecule has 1 aromatic carbocycles. The Hall–Kier alpha value is -1.65. The van der Waals surface area contributed by atoms with Gasteiger partial charge in [-0.1, -0.05) is 18.2 Å². The van der Waals surface area contributed by atoms with Gasteiger partial charge in [-0.25, -0.2) is 0 Å². The maximum atomic E-state index is 10.4. The van der Waals surface area contributed by atoms with Gasteiger partial charge in [0.2, 0.25) is 0 Å². The molecule has 1 atom stereocenters. The maximum Gasteiger partial charge on any atom is 0.175 e. The number of hydrogen-bond donors (Lipinski definition) is 1. The second-order valence-electron chi connectivity index (χ2n) is 3.97. The fourth-order valence-corrected chi connectivity index (χ4v) is 2.49. The lowest BCUT2D eigenvalue weighted by molar-refractivity contribution is 0.219. The number of nitrogens with zero attached hydrogens (tertiary/aromatic N) is 1. The highest BCUT2D eigenvalue weighted by atomic mass is 79.9. The van der Waals surface area contributed by atoms with E-state index in [0.717, 1.165) is 16.5 Å². The highest BCUT2D eigenvalue weighted by molar-refractivity contribution is 9.10. The predicted molar refractivity (Wildman–Crippen MR) is 72.2 cm³/mol. The SMILES string of the molecule is OC(c1ccoc1Br)c1cccc2ncccc12. The Bertz CT molecular complexity index is 688. The van der Waals surface area contributed by atoms with Crippen LogP contribution in [0.5, 0.6) is 0 Å². The number of aliphatic hydroxyl groups is 1. The van der Waals surface area contributed by atoms with Crippen LogP contribution in [0.4, 0.5) is 0 Å². The molecule has 3 aromatic rings. The molecule has 2 aromatic heterocycles. The number of rotatable bonds is 2. The van der Waals surface area contributed by atoms with Crippen LogP contribution in [0, 0.1) is 0 Å². The van der Waals surface area contributed by atoms with Crippen LogP contribution in [0.1, 0.15) is 17.2 Å². The number of fused-ring (bicyclic) bond motifs is 1. The Morgan fingerprint density at radius 3 is 2.78 bits per heavy atom. The molecule has 2 heterocycles. The molecule has 3 rings (SSSR count). The molecular weight excluding hydrogens is 294 g/mol. The van der Waals surface area contributed by atoms with Gasteiger partial charge in [-0.05, 0) is 39.7 Å². The summed E-state index contributed by atoms with van der Waals surface area (Å²) in [6.45, 7) is 0. The Morgan fingerprint density at radius 1 is 1.11 bits per heavy atom. The molecule has 0 amide bonds. The van der Waals surface area contributed by atoms with Crippen molar-refractivity contribution in [2.24, 2.45) is 0 Å². The van der Waals surface area contributed by atoms with Crippen molar-refractivity contribution in [2.75, 3.05) is 0 Å². The van der Waals surface area contributed by atoms with Crippen LogP contribution in [0.15, 0.2) is 57.9 Å². The molecule has 1 N–H and O–H groups in total. The van der Waals surface area contributed by atoms with Crippen molar-refractivity contribution < 1.29 is 9.52 Å². The summed E-state index contributed by atoms with van der Waals surface area (Å²) in [4.78, 5) is 4.28. The first-order chi connectivity index (χ1) is 8.77. The van der Waals surface area contributed by atoms with Crippen molar-refractivity contribution in [1.29, 1.82) is 0 Å². The molecule has 3 nitrogen and oxygen atoms in total. The van der Waals surface area contributed by atoms with E-state index in [9.17, 15) is 5.11 Å². The first kappa shape index (κ1) is 11.4. The number of halogens is 1. The van der Waals surface area contributed by atoms with Crippen molar-refractivity contribution in [3.63, 3.8) is 0 Å². The van der Waals surface area contributed by atoms with Crippen LogP contribution >= 0.6 is 15.9 Å². The van der Waals surface area contributed by atoms with Crippen molar-refractivity contribution in [2.45, 2.75) is 6.10 Å². The summed E-state index contributed by atoms with van der Waals surface area (Å²) >= 11 is 3.29. The summed E-state index contributed by atoms with van der Waals surface area (Å²) in [6, 6.07) is 11.3. The van der Waals surface area contributed by atoms with E-state index >= 15 is 0 Å². The first-order valence-electron chi connectivity index (χ1n) is 5.52. The van der Waals surface area contributed by atoms with Crippen molar-refractivity contribution in [3.05, 3.63) is 64.7 Å². The first-order valence-corrected chi connectivity index (χ1v) is 6.31. The lowest BCUT2D eigenvalue weighted by Gasteiger charge is -2.12. The molecule has 0 spiro atoms. The van der Waals surface area contributed by atoms with Gasteiger partial charge in [-0.2, -0.15) is 0 Å². The van der Waals surface area contributed by atoms with E-state index in [-0.39, 0.29) is 0 Å². The molecule has 0 radical (unpaired) electrons. The third-order valence-corrected chi connectivity index (χ3v) is 3.56. The number of hydrogen-bond acceptors (Lipinski definition) is 3. The highest BCUT2D eigenvalue weighted by Crippen LogP contribution is 2.32. The molecule has 0 saturated heterocycles. The van der Waals surface area contributed by atoms with E-state index in [4.69, 9.17) is 4.42 Å². The van der Waals surface area contributed by atoms with Crippen molar-refractivity contribution in [3.8, 4) is 0 Å². The van der Waals surface area contributed by atoms with Gasteiger partial charge in [-0.15, -0.1) is 0 Å². The summed E-state index contributed by atoms with van der Waals surface area (Å²) < 4.78 is 5.71. The zero-order chi connectivity index (χ0) is 12.5. The molecule has 0 bridgehead atoms. The zero-order valence-corrected chi connectivity index (χ0v) is 11.0. The summed E-state index contributed by atoms with van der Waals surface area (Å²) in [5, 5.41) is 11.4. The quantitative estimate of drug-likeness (QED) is 0.785. The molecule has 18 heavy (non-hydrogen) atoms. The van der Waals surface area contributed by atoms with E-state index in [0.29, 0.717) is 10.2 Å². The van der Waals surface area contributed by atoms with Gasteiger partial charge in [0.15, 0.2) is 4.67 Å². The molecule has 0 aliphatic carbocycles. The second-order valence-corrected chi connectivity index (χ2v) is 4.69. The van der Waals surface area contributed by atoms with Gasteiger partial charge in [0.05, 0.1) is 11.8 Å². The molecule has 4 heteroatoms. The van der Waals surface area contributed by atoms with Gasteiger partial charge in [0.25, 0.3) is 0 Å². The summed E-state index contributed by atoms with van der Waals surface area (Å²) in [5.74, 6) is 0. The van der Waals surface area contributed by atoms with Crippen LogP contribution in [-0.2, 0) is 0 Å². The largest absolute Gasteiger partial charge is 0.457 e. The van der Waals surface area contributed by atoms with Gasteiger partial charge >= 0.3 is 0 Å². The average Bonchev–Trinajstić information content (AvgIpc) is 2.83. The van der Waals surface area contributed by atoms with Crippen LogP contribution in [0.25, 0.3) is 10.9 Å². The third-order valence-electron chi connectivity index (χ3n) is 2.91. The number of benzene rings is 1. The summed E-state index contributed by atoms with van der Waals surface area (Å²) in [6.07, 6.45) is 2.56. The third kappa shape index (κ3) is 1.83. The van der Waals surface area contributed by atoms with E-state index in [1.165, 1.54) is 0 Å². The van der Waals surface area contributed by atoms with Gasteiger partial charge < -0.3 is 9.52 Å². The standard InChI is InChI=1S/C14H10BrNO2/c15-14-11(6-8-18-14)13(17)10-3-1-5-12-9(10)4-2-7-16-12/h1-8,13,17H. The zero-order valence-electron chi connectivity index (χ0n) is 9.38. The van der Waals surface area contributed by atoms with E-state index in [1.807, 2.05) is 30.3 Å². The smallest absolute Gasteiger partial charge is 0.175 e. The minimum atomic E-state index is -0.731. The Kier molecular flexibility index (Phi) is 2.89. The highest BCUT2D eigenvalue weighted by Gasteiger charge is 2.18. The molecule has 1 unspecified atom stereocenters. The number of aromatic nitrogens is 1. The van der Waals surface area contributed by atoms with Gasteiger partial charge in [-0.3, -0.25) is 4.98 Å². The van der Waals surface area contributed by atoms with E-state index in [1.54, 1.807) is 18.5 Å². The minimum absolute atomic E-state index is 0.552. The molecule has 0 fully saturated rings. The Morgan fingerprint density at radius 2 is 2.00 bits per heavy atom.